The zero-order valence-corrected chi connectivity index (χ0v) is 14.1. The number of aromatic amines is 1. The summed E-state index contributed by atoms with van der Waals surface area (Å²) in [6.07, 6.45) is 0. The summed E-state index contributed by atoms with van der Waals surface area (Å²) >= 11 is 0. The Kier molecular flexibility index (Phi) is 4.99. The van der Waals surface area contributed by atoms with Gasteiger partial charge in [-0.15, -0.1) is 0 Å². The van der Waals surface area contributed by atoms with E-state index in [-0.39, 0.29) is 5.91 Å². The number of hydrogen-bond acceptors (Lipinski definition) is 4. The standard InChI is InChI=1S/C19H19N3O3/c1-24-15-9-7-13(8-10-15)16-11-17(22-21-16)19(23)20-12-14-5-3-4-6-18(14)25-2/h3-11H,12H2,1-2H3,(H,20,23)(H,21,22). The molecule has 0 radical (unpaired) electrons. The summed E-state index contributed by atoms with van der Waals surface area (Å²) in [7, 11) is 3.23. The maximum Gasteiger partial charge on any atom is 0.269 e. The Balaban J connectivity index is 1.68. The highest BCUT2D eigenvalue weighted by Crippen LogP contribution is 2.21. The molecule has 6 nitrogen and oxygen atoms in total. The van der Waals surface area contributed by atoms with Crippen LogP contribution in [0.25, 0.3) is 11.3 Å². The first-order chi connectivity index (χ1) is 12.2. The zero-order chi connectivity index (χ0) is 17.6. The number of carbonyl (C=O) groups is 1. The van der Waals surface area contributed by atoms with Crippen molar-refractivity contribution < 1.29 is 14.3 Å². The highest BCUT2D eigenvalue weighted by Gasteiger charge is 2.12. The Morgan fingerprint density at radius 1 is 1.08 bits per heavy atom. The third-order valence-electron chi connectivity index (χ3n) is 3.84. The fourth-order valence-corrected chi connectivity index (χ4v) is 2.47. The highest BCUT2D eigenvalue weighted by atomic mass is 16.5. The molecule has 128 valence electrons. The molecule has 0 unspecified atom stereocenters. The first-order valence-corrected chi connectivity index (χ1v) is 7.81. The molecule has 0 saturated heterocycles. The van der Waals surface area contributed by atoms with Gasteiger partial charge >= 0.3 is 0 Å². The average molecular weight is 337 g/mol. The van der Waals surface area contributed by atoms with E-state index in [1.165, 1.54) is 0 Å². The van der Waals surface area contributed by atoms with Crippen molar-refractivity contribution in [1.82, 2.24) is 15.5 Å². The van der Waals surface area contributed by atoms with E-state index >= 15 is 0 Å². The van der Waals surface area contributed by atoms with Gasteiger partial charge < -0.3 is 14.8 Å². The number of amides is 1. The minimum Gasteiger partial charge on any atom is -0.497 e. The van der Waals surface area contributed by atoms with Crippen LogP contribution in [0.4, 0.5) is 0 Å². The maximum atomic E-state index is 12.3. The number of ether oxygens (including phenoxy) is 2. The summed E-state index contributed by atoms with van der Waals surface area (Å²) in [6.45, 7) is 0.375. The molecule has 0 aliphatic rings. The molecule has 0 bridgehead atoms. The van der Waals surface area contributed by atoms with Gasteiger partial charge in [0.05, 0.1) is 19.9 Å². The summed E-state index contributed by atoms with van der Waals surface area (Å²) in [5.41, 5.74) is 2.92. The predicted octanol–water partition coefficient (Wildman–Crippen LogP) is 3.02. The van der Waals surface area contributed by atoms with Gasteiger partial charge in [0, 0.05) is 17.7 Å². The molecule has 0 spiro atoms. The van der Waals surface area contributed by atoms with Crippen molar-refractivity contribution in [3.8, 4) is 22.8 Å². The fourth-order valence-electron chi connectivity index (χ4n) is 2.47. The number of aromatic nitrogens is 2. The van der Waals surface area contributed by atoms with Crippen LogP contribution >= 0.6 is 0 Å². The lowest BCUT2D eigenvalue weighted by atomic mass is 10.1. The van der Waals surface area contributed by atoms with Gasteiger partial charge in [-0.25, -0.2) is 0 Å². The molecule has 2 aromatic carbocycles. The minimum atomic E-state index is -0.224. The van der Waals surface area contributed by atoms with Crippen LogP contribution in [0.5, 0.6) is 11.5 Å². The number of methoxy groups -OCH3 is 2. The van der Waals surface area contributed by atoms with E-state index in [2.05, 4.69) is 15.5 Å². The van der Waals surface area contributed by atoms with E-state index < -0.39 is 0 Å². The molecule has 6 heteroatoms. The quantitative estimate of drug-likeness (QED) is 0.725. The van der Waals surface area contributed by atoms with Crippen LogP contribution < -0.4 is 14.8 Å². The molecular formula is C19H19N3O3. The number of rotatable bonds is 6. The molecule has 25 heavy (non-hydrogen) atoms. The van der Waals surface area contributed by atoms with Crippen LogP contribution in [0.1, 0.15) is 16.1 Å². The van der Waals surface area contributed by atoms with Crippen molar-refractivity contribution >= 4 is 5.91 Å². The van der Waals surface area contributed by atoms with E-state index in [0.29, 0.717) is 17.9 Å². The van der Waals surface area contributed by atoms with Crippen LogP contribution in [-0.2, 0) is 6.54 Å². The van der Waals surface area contributed by atoms with E-state index in [1.54, 1.807) is 20.3 Å². The molecule has 0 fully saturated rings. The first kappa shape index (κ1) is 16.6. The Bertz CT molecular complexity index is 856. The highest BCUT2D eigenvalue weighted by molar-refractivity contribution is 5.93. The largest absolute Gasteiger partial charge is 0.497 e. The van der Waals surface area contributed by atoms with Gasteiger partial charge in [0.15, 0.2) is 0 Å². The number of benzene rings is 2. The van der Waals surface area contributed by atoms with Gasteiger partial charge in [0.2, 0.25) is 0 Å². The van der Waals surface area contributed by atoms with Gasteiger partial charge in [-0.1, -0.05) is 18.2 Å². The molecule has 0 atom stereocenters. The lowest BCUT2D eigenvalue weighted by molar-refractivity contribution is 0.0945. The Labute approximate surface area is 145 Å². The van der Waals surface area contributed by atoms with Crippen molar-refractivity contribution in [2.75, 3.05) is 14.2 Å². The fraction of sp³-hybridized carbons (Fsp3) is 0.158. The van der Waals surface area contributed by atoms with Crippen molar-refractivity contribution in [3.05, 3.63) is 65.9 Å². The summed E-state index contributed by atoms with van der Waals surface area (Å²) in [5.74, 6) is 1.29. The Morgan fingerprint density at radius 2 is 1.84 bits per heavy atom. The SMILES string of the molecule is COc1ccc(-c2cc(C(=O)NCc3ccccc3OC)[nH]n2)cc1. The normalized spacial score (nSPS) is 10.3. The van der Waals surface area contributed by atoms with Crippen molar-refractivity contribution in [2.45, 2.75) is 6.54 Å². The maximum absolute atomic E-state index is 12.3. The van der Waals surface area contributed by atoms with Crippen molar-refractivity contribution in [3.63, 3.8) is 0 Å². The van der Waals surface area contributed by atoms with Crippen molar-refractivity contribution in [2.24, 2.45) is 0 Å². The van der Waals surface area contributed by atoms with Gasteiger partial charge in [0.1, 0.15) is 17.2 Å². The zero-order valence-electron chi connectivity index (χ0n) is 14.1. The molecule has 1 amide bonds. The minimum absolute atomic E-state index is 0.224. The van der Waals surface area contributed by atoms with E-state index in [1.807, 2.05) is 48.5 Å². The molecule has 1 aromatic heterocycles. The number of hydrogen-bond donors (Lipinski definition) is 2. The predicted molar refractivity (Wildman–Crippen MR) is 94.7 cm³/mol. The number of carbonyl (C=O) groups excluding carboxylic acids is 1. The second-order valence-corrected chi connectivity index (χ2v) is 5.39. The van der Waals surface area contributed by atoms with Crippen LogP contribution in [0.3, 0.4) is 0 Å². The Morgan fingerprint density at radius 3 is 2.56 bits per heavy atom. The monoisotopic (exact) mass is 337 g/mol. The van der Waals surface area contributed by atoms with Gasteiger partial charge in [0.25, 0.3) is 5.91 Å². The first-order valence-electron chi connectivity index (χ1n) is 7.81. The lowest BCUT2D eigenvalue weighted by Crippen LogP contribution is -2.23. The van der Waals surface area contributed by atoms with E-state index in [0.717, 1.165) is 22.6 Å². The van der Waals surface area contributed by atoms with Crippen LogP contribution in [-0.4, -0.2) is 30.3 Å². The molecule has 0 aliphatic heterocycles. The second kappa shape index (κ2) is 7.53. The molecule has 3 rings (SSSR count). The van der Waals surface area contributed by atoms with Crippen LogP contribution in [0.15, 0.2) is 54.6 Å². The van der Waals surface area contributed by atoms with Gasteiger partial charge in [-0.05, 0) is 36.4 Å². The molecule has 0 saturated carbocycles. The molecule has 0 aliphatic carbocycles. The summed E-state index contributed by atoms with van der Waals surface area (Å²) in [5, 5.41) is 9.84. The van der Waals surface area contributed by atoms with Crippen LogP contribution in [0, 0.1) is 0 Å². The molecule has 1 heterocycles. The van der Waals surface area contributed by atoms with E-state index in [4.69, 9.17) is 9.47 Å². The molecule has 2 N–H and O–H groups in total. The molecular weight excluding hydrogens is 318 g/mol. The number of nitrogens with zero attached hydrogens (tertiary/aromatic N) is 1. The van der Waals surface area contributed by atoms with Crippen molar-refractivity contribution in [1.29, 1.82) is 0 Å². The summed E-state index contributed by atoms with van der Waals surface area (Å²) in [6, 6.07) is 16.8. The number of nitrogens with one attached hydrogen (secondary N) is 2. The molecule has 3 aromatic rings. The third kappa shape index (κ3) is 3.80. The number of para-hydroxylation sites is 1. The van der Waals surface area contributed by atoms with Crippen LogP contribution in [0.2, 0.25) is 0 Å². The number of H-pyrrole nitrogens is 1. The second-order valence-electron chi connectivity index (χ2n) is 5.39. The Hall–Kier alpha value is -3.28. The van der Waals surface area contributed by atoms with Gasteiger partial charge in [-0.3, -0.25) is 9.89 Å². The summed E-state index contributed by atoms with van der Waals surface area (Å²) < 4.78 is 10.4. The third-order valence-corrected chi connectivity index (χ3v) is 3.84. The average Bonchev–Trinajstić information content (AvgIpc) is 3.16. The lowest BCUT2D eigenvalue weighted by Gasteiger charge is -2.08. The smallest absolute Gasteiger partial charge is 0.269 e. The van der Waals surface area contributed by atoms with Gasteiger partial charge in [-0.2, -0.15) is 5.10 Å². The van der Waals surface area contributed by atoms with E-state index in [9.17, 15) is 4.79 Å². The topological polar surface area (TPSA) is 76.2 Å². The summed E-state index contributed by atoms with van der Waals surface area (Å²) in [4.78, 5) is 12.3.